The molecule has 2 aromatic rings. The third-order valence-corrected chi connectivity index (χ3v) is 3.57. The molecule has 0 bridgehead atoms. The molecule has 0 aliphatic carbocycles. The summed E-state index contributed by atoms with van der Waals surface area (Å²) in [6.45, 7) is 0.747. The number of hydrogen-bond acceptors (Lipinski definition) is 7. The molecule has 1 aromatic heterocycles. The largest absolute Gasteiger partial charge is 0.486 e. The Morgan fingerprint density at radius 3 is 2.33 bits per heavy atom. The first-order chi connectivity index (χ1) is 11.6. The van der Waals surface area contributed by atoms with Crippen molar-refractivity contribution in [2.75, 3.05) is 13.2 Å². The number of rotatable bonds is 2. The Morgan fingerprint density at radius 1 is 1.04 bits per heavy atom. The molecule has 0 saturated carbocycles. The number of imide groups is 1. The van der Waals surface area contributed by atoms with E-state index in [1.165, 1.54) is 24.4 Å². The van der Waals surface area contributed by atoms with Crippen LogP contribution >= 0.6 is 0 Å². The maximum Gasteiger partial charge on any atom is 0.382 e. The molecule has 0 unspecified atom stereocenters. The molecule has 4 rings (SSSR count). The van der Waals surface area contributed by atoms with Crippen LogP contribution in [0.1, 0.15) is 31.2 Å². The van der Waals surface area contributed by atoms with Gasteiger partial charge in [0.2, 0.25) is 0 Å². The molecular weight excluding hydrogens is 316 g/mol. The highest BCUT2D eigenvalue weighted by atomic mass is 16.7. The molecule has 120 valence electrons. The summed E-state index contributed by atoms with van der Waals surface area (Å²) in [4.78, 5) is 45.4. The third-order valence-electron chi connectivity index (χ3n) is 3.57. The van der Waals surface area contributed by atoms with Gasteiger partial charge in [0.25, 0.3) is 11.8 Å². The minimum Gasteiger partial charge on any atom is -0.486 e. The second-order valence-electron chi connectivity index (χ2n) is 5.04. The SMILES string of the molecule is O=C(ON1C(=O)c2ccccc2C1=O)c1cc2c(cn1)OCCO2. The molecule has 8 nitrogen and oxygen atoms in total. The zero-order valence-electron chi connectivity index (χ0n) is 12.2. The number of aromatic nitrogens is 1. The normalized spacial score (nSPS) is 15.2. The van der Waals surface area contributed by atoms with Gasteiger partial charge in [-0.25, -0.2) is 9.78 Å². The molecular formula is C16H10N2O6. The van der Waals surface area contributed by atoms with E-state index in [-0.39, 0.29) is 16.8 Å². The molecule has 3 heterocycles. The highest BCUT2D eigenvalue weighted by Gasteiger charge is 2.39. The van der Waals surface area contributed by atoms with Crippen LogP contribution in [0, 0.1) is 0 Å². The van der Waals surface area contributed by atoms with Crippen molar-refractivity contribution >= 4 is 17.8 Å². The van der Waals surface area contributed by atoms with Gasteiger partial charge in [0.15, 0.2) is 17.2 Å². The first kappa shape index (κ1) is 14.2. The van der Waals surface area contributed by atoms with Crippen LogP contribution in [-0.2, 0) is 4.84 Å². The van der Waals surface area contributed by atoms with Gasteiger partial charge in [-0.1, -0.05) is 17.2 Å². The molecule has 0 spiro atoms. The van der Waals surface area contributed by atoms with Crippen molar-refractivity contribution < 1.29 is 28.7 Å². The first-order valence-corrected chi connectivity index (χ1v) is 7.11. The van der Waals surface area contributed by atoms with Crippen molar-refractivity contribution in [2.45, 2.75) is 0 Å². The lowest BCUT2D eigenvalue weighted by Crippen LogP contribution is -2.33. The monoisotopic (exact) mass is 326 g/mol. The van der Waals surface area contributed by atoms with Crippen LogP contribution in [0.25, 0.3) is 0 Å². The van der Waals surface area contributed by atoms with E-state index < -0.39 is 17.8 Å². The molecule has 2 aliphatic rings. The molecule has 0 radical (unpaired) electrons. The van der Waals surface area contributed by atoms with Crippen molar-refractivity contribution in [3.05, 3.63) is 53.3 Å². The van der Waals surface area contributed by atoms with E-state index in [0.29, 0.717) is 29.8 Å². The van der Waals surface area contributed by atoms with Gasteiger partial charge in [-0.05, 0) is 12.1 Å². The van der Waals surface area contributed by atoms with Crippen LogP contribution in [-0.4, -0.2) is 41.0 Å². The van der Waals surface area contributed by atoms with Crippen LogP contribution in [0.3, 0.4) is 0 Å². The topological polar surface area (TPSA) is 95.0 Å². The Hall–Kier alpha value is -3.42. The standard InChI is InChI=1S/C16H10N2O6/c19-14-9-3-1-2-4-10(9)15(20)18(14)24-16(21)11-7-12-13(8-17-11)23-6-5-22-12/h1-4,7-8H,5-6H2. The van der Waals surface area contributed by atoms with E-state index in [2.05, 4.69) is 4.98 Å². The van der Waals surface area contributed by atoms with Crippen molar-refractivity contribution in [1.82, 2.24) is 10.0 Å². The lowest BCUT2D eigenvalue weighted by molar-refractivity contribution is -0.0588. The third kappa shape index (κ3) is 2.16. The highest BCUT2D eigenvalue weighted by molar-refractivity contribution is 6.21. The highest BCUT2D eigenvalue weighted by Crippen LogP contribution is 2.30. The molecule has 0 saturated heterocycles. The Morgan fingerprint density at radius 2 is 1.67 bits per heavy atom. The second kappa shape index (κ2) is 5.34. The van der Waals surface area contributed by atoms with Crippen molar-refractivity contribution in [2.24, 2.45) is 0 Å². The average molecular weight is 326 g/mol. The van der Waals surface area contributed by atoms with E-state index in [1.807, 2.05) is 0 Å². The lowest BCUT2D eigenvalue weighted by Gasteiger charge is -2.18. The average Bonchev–Trinajstić information content (AvgIpc) is 2.86. The quantitative estimate of drug-likeness (QED) is 0.766. The molecule has 2 aliphatic heterocycles. The number of fused-ring (bicyclic) bond motifs is 2. The van der Waals surface area contributed by atoms with Gasteiger partial charge in [-0.15, -0.1) is 0 Å². The molecule has 0 N–H and O–H groups in total. The summed E-state index contributed by atoms with van der Waals surface area (Å²) in [5.74, 6) is -1.56. The van der Waals surface area contributed by atoms with Gasteiger partial charge >= 0.3 is 5.97 Å². The van der Waals surface area contributed by atoms with Gasteiger partial charge in [0, 0.05) is 6.07 Å². The Labute approximate surface area is 135 Å². The van der Waals surface area contributed by atoms with E-state index in [1.54, 1.807) is 12.1 Å². The van der Waals surface area contributed by atoms with Crippen LogP contribution in [0.4, 0.5) is 0 Å². The fraction of sp³-hybridized carbons (Fsp3) is 0.125. The van der Waals surface area contributed by atoms with Crippen molar-refractivity contribution in [3.8, 4) is 11.5 Å². The van der Waals surface area contributed by atoms with Crippen LogP contribution < -0.4 is 9.47 Å². The predicted octanol–water partition coefficient (Wildman–Crippen LogP) is 1.22. The summed E-state index contributed by atoms with van der Waals surface area (Å²) in [6, 6.07) is 7.57. The fourth-order valence-electron chi connectivity index (χ4n) is 2.44. The Kier molecular flexibility index (Phi) is 3.16. The Balaban J connectivity index is 1.57. The van der Waals surface area contributed by atoms with E-state index in [9.17, 15) is 14.4 Å². The summed E-state index contributed by atoms with van der Waals surface area (Å²) >= 11 is 0. The number of pyridine rings is 1. The zero-order valence-corrected chi connectivity index (χ0v) is 12.2. The maximum atomic E-state index is 12.2. The molecule has 0 fully saturated rings. The number of benzene rings is 1. The maximum absolute atomic E-state index is 12.2. The minimum absolute atomic E-state index is 0.101. The number of ether oxygens (including phenoxy) is 2. The summed E-state index contributed by atoms with van der Waals surface area (Å²) < 4.78 is 10.7. The van der Waals surface area contributed by atoms with Gasteiger partial charge in [0.1, 0.15) is 13.2 Å². The van der Waals surface area contributed by atoms with E-state index >= 15 is 0 Å². The number of hydrogen-bond donors (Lipinski definition) is 0. The van der Waals surface area contributed by atoms with Crippen LogP contribution in [0.15, 0.2) is 36.5 Å². The van der Waals surface area contributed by atoms with Gasteiger partial charge in [-0.2, -0.15) is 0 Å². The molecule has 0 atom stereocenters. The summed E-state index contributed by atoms with van der Waals surface area (Å²) in [7, 11) is 0. The minimum atomic E-state index is -0.943. The Bertz CT molecular complexity index is 844. The van der Waals surface area contributed by atoms with Gasteiger partial charge in [0.05, 0.1) is 17.3 Å². The van der Waals surface area contributed by atoms with Gasteiger partial charge < -0.3 is 14.3 Å². The number of hydroxylamine groups is 2. The van der Waals surface area contributed by atoms with Crippen LogP contribution in [0.5, 0.6) is 11.5 Å². The van der Waals surface area contributed by atoms with Crippen LogP contribution in [0.2, 0.25) is 0 Å². The number of amides is 2. The lowest BCUT2D eigenvalue weighted by atomic mass is 10.1. The zero-order chi connectivity index (χ0) is 16.7. The molecule has 24 heavy (non-hydrogen) atoms. The molecule has 1 aromatic carbocycles. The molecule has 2 amide bonds. The first-order valence-electron chi connectivity index (χ1n) is 7.11. The van der Waals surface area contributed by atoms with E-state index in [0.717, 1.165) is 0 Å². The predicted molar refractivity (Wildman–Crippen MR) is 77.6 cm³/mol. The number of carbonyl (C=O) groups excluding carboxylic acids is 3. The molecule has 8 heteroatoms. The van der Waals surface area contributed by atoms with Gasteiger partial charge in [-0.3, -0.25) is 9.59 Å². The number of nitrogens with zero attached hydrogens (tertiary/aromatic N) is 2. The number of carbonyl (C=O) groups is 3. The smallest absolute Gasteiger partial charge is 0.382 e. The van der Waals surface area contributed by atoms with Crippen molar-refractivity contribution in [3.63, 3.8) is 0 Å². The second-order valence-corrected chi connectivity index (χ2v) is 5.04. The summed E-state index contributed by atoms with van der Waals surface area (Å²) in [5.41, 5.74) is 0.270. The fourth-order valence-corrected chi connectivity index (χ4v) is 2.44. The summed E-state index contributed by atoms with van der Waals surface area (Å²) in [6.07, 6.45) is 1.33. The van der Waals surface area contributed by atoms with Crippen molar-refractivity contribution in [1.29, 1.82) is 0 Å². The van der Waals surface area contributed by atoms with E-state index in [4.69, 9.17) is 14.3 Å². The summed E-state index contributed by atoms with van der Waals surface area (Å²) in [5, 5.41) is 0.436.